The zero-order chi connectivity index (χ0) is 7.28. The van der Waals surface area contributed by atoms with E-state index in [2.05, 4.69) is 4.74 Å². The first-order valence-electron chi connectivity index (χ1n) is 2.81. The van der Waals surface area contributed by atoms with Crippen molar-refractivity contribution in [2.24, 2.45) is 0 Å². The van der Waals surface area contributed by atoms with Crippen molar-refractivity contribution in [3.63, 3.8) is 0 Å². The fourth-order valence-electron chi connectivity index (χ4n) is 0.372. The number of aliphatic hydroxyl groups is 3. The second-order valence-electron chi connectivity index (χ2n) is 1.60. The Labute approximate surface area is 53.7 Å². The molecule has 0 saturated heterocycles. The van der Waals surface area contributed by atoms with E-state index in [4.69, 9.17) is 15.3 Å². The van der Waals surface area contributed by atoms with Gasteiger partial charge < -0.3 is 20.1 Å². The number of aliphatic hydroxyl groups excluding tert-OH is 3. The number of rotatable bonds is 4. The maximum absolute atomic E-state index is 8.69. The van der Waals surface area contributed by atoms with Crippen LogP contribution >= 0.6 is 0 Å². The van der Waals surface area contributed by atoms with Gasteiger partial charge in [0.05, 0.1) is 6.61 Å². The van der Waals surface area contributed by atoms with Crippen molar-refractivity contribution in [2.75, 3.05) is 13.2 Å². The van der Waals surface area contributed by atoms with Gasteiger partial charge in [-0.15, -0.1) is 0 Å². The molecule has 0 aliphatic rings. The minimum Gasteiger partial charge on any atom is -0.393 e. The molecule has 0 heterocycles. The van der Waals surface area contributed by atoms with E-state index in [1.165, 1.54) is 0 Å². The van der Waals surface area contributed by atoms with Crippen LogP contribution in [0.15, 0.2) is 0 Å². The molecule has 0 bridgehead atoms. The van der Waals surface area contributed by atoms with E-state index < -0.39 is 19.0 Å². The fourth-order valence-corrected chi connectivity index (χ4v) is 0.372. The van der Waals surface area contributed by atoms with E-state index in [9.17, 15) is 0 Å². The Bertz CT molecular complexity index is 66.0. The number of hydrogen-bond acceptors (Lipinski definition) is 4. The zero-order valence-electron chi connectivity index (χ0n) is 5.32. The summed E-state index contributed by atoms with van der Waals surface area (Å²) in [5, 5.41) is 25.6. The van der Waals surface area contributed by atoms with E-state index in [0.29, 0.717) is 6.61 Å². The van der Waals surface area contributed by atoms with Crippen molar-refractivity contribution in [3.05, 3.63) is 0 Å². The lowest BCUT2D eigenvalue weighted by molar-refractivity contribution is -0.168. The molecule has 0 aliphatic carbocycles. The predicted molar refractivity (Wildman–Crippen MR) is 30.7 cm³/mol. The summed E-state index contributed by atoms with van der Waals surface area (Å²) in [5.41, 5.74) is 0. The van der Waals surface area contributed by atoms with Crippen LogP contribution in [-0.2, 0) is 4.74 Å². The van der Waals surface area contributed by atoms with Gasteiger partial charge >= 0.3 is 0 Å². The van der Waals surface area contributed by atoms with Crippen LogP contribution in [-0.4, -0.2) is 40.9 Å². The van der Waals surface area contributed by atoms with Crippen molar-refractivity contribution < 1.29 is 20.1 Å². The van der Waals surface area contributed by atoms with Gasteiger partial charge in [-0.2, -0.15) is 0 Å². The zero-order valence-corrected chi connectivity index (χ0v) is 5.32. The molecule has 56 valence electrons. The minimum absolute atomic E-state index is 0.318. The number of ether oxygens (including phenoxy) is 1. The van der Waals surface area contributed by atoms with Gasteiger partial charge in [-0.1, -0.05) is 0 Å². The van der Waals surface area contributed by atoms with Gasteiger partial charge in [0.2, 0.25) is 0 Å². The van der Waals surface area contributed by atoms with Gasteiger partial charge in [0.25, 0.3) is 0 Å². The molecule has 0 rings (SSSR count). The summed E-state index contributed by atoms with van der Waals surface area (Å²) in [6.45, 7) is 1.52. The molecule has 0 spiro atoms. The van der Waals surface area contributed by atoms with E-state index in [1.807, 2.05) is 0 Å². The summed E-state index contributed by atoms with van der Waals surface area (Å²) >= 11 is 0. The van der Waals surface area contributed by atoms with Crippen LogP contribution in [0.3, 0.4) is 0 Å². The van der Waals surface area contributed by atoms with Crippen molar-refractivity contribution in [1.82, 2.24) is 0 Å². The molecule has 9 heavy (non-hydrogen) atoms. The molecule has 2 atom stereocenters. The van der Waals surface area contributed by atoms with E-state index in [1.54, 1.807) is 6.92 Å². The molecule has 0 radical (unpaired) electrons. The SMILES string of the molecule is CCOC(O)C(O)CO. The molecular formula is C5H12O4. The van der Waals surface area contributed by atoms with Crippen LogP contribution in [0.2, 0.25) is 0 Å². The monoisotopic (exact) mass is 136 g/mol. The second-order valence-corrected chi connectivity index (χ2v) is 1.60. The molecule has 0 aromatic heterocycles. The molecule has 0 aromatic rings. The smallest absolute Gasteiger partial charge is 0.183 e. The molecule has 2 unspecified atom stereocenters. The van der Waals surface area contributed by atoms with Crippen molar-refractivity contribution in [2.45, 2.75) is 19.3 Å². The van der Waals surface area contributed by atoms with Gasteiger partial charge in [0.15, 0.2) is 6.29 Å². The van der Waals surface area contributed by atoms with Crippen molar-refractivity contribution in [1.29, 1.82) is 0 Å². The highest BCUT2D eigenvalue weighted by atomic mass is 16.6. The van der Waals surface area contributed by atoms with Gasteiger partial charge in [0, 0.05) is 6.61 Å². The summed E-state index contributed by atoms with van der Waals surface area (Å²) in [7, 11) is 0. The number of hydrogen-bond donors (Lipinski definition) is 3. The van der Waals surface area contributed by atoms with Crippen molar-refractivity contribution in [3.8, 4) is 0 Å². The molecule has 0 saturated carbocycles. The largest absolute Gasteiger partial charge is 0.393 e. The Balaban J connectivity index is 3.32. The summed E-state index contributed by atoms with van der Waals surface area (Å²) < 4.78 is 4.54. The summed E-state index contributed by atoms with van der Waals surface area (Å²) in [5.74, 6) is 0. The lowest BCUT2D eigenvalue weighted by Gasteiger charge is -2.14. The molecule has 0 fully saturated rings. The average molecular weight is 136 g/mol. The lowest BCUT2D eigenvalue weighted by Crippen LogP contribution is -2.31. The fraction of sp³-hybridized carbons (Fsp3) is 1.00. The van der Waals surface area contributed by atoms with Crippen LogP contribution in [0.25, 0.3) is 0 Å². The minimum atomic E-state index is -1.26. The molecule has 0 amide bonds. The summed E-state index contributed by atoms with van der Waals surface area (Å²) in [6.07, 6.45) is -2.45. The normalized spacial score (nSPS) is 17.3. The first-order chi connectivity index (χ1) is 4.22. The third-order valence-electron chi connectivity index (χ3n) is 0.854. The third kappa shape index (κ3) is 3.42. The van der Waals surface area contributed by atoms with Crippen LogP contribution in [0.4, 0.5) is 0 Å². The maximum atomic E-state index is 8.69. The van der Waals surface area contributed by atoms with Gasteiger partial charge in [0.1, 0.15) is 6.10 Å². The second kappa shape index (κ2) is 4.69. The predicted octanol–water partition coefficient (Wildman–Crippen LogP) is -1.31. The summed E-state index contributed by atoms with van der Waals surface area (Å²) in [6, 6.07) is 0. The third-order valence-corrected chi connectivity index (χ3v) is 0.854. The molecule has 4 nitrogen and oxygen atoms in total. The quantitative estimate of drug-likeness (QED) is 0.420. The van der Waals surface area contributed by atoms with Crippen LogP contribution < -0.4 is 0 Å². The Morgan fingerprint density at radius 1 is 1.44 bits per heavy atom. The van der Waals surface area contributed by atoms with Crippen LogP contribution in [0, 0.1) is 0 Å². The Kier molecular flexibility index (Phi) is 4.61. The van der Waals surface area contributed by atoms with Crippen molar-refractivity contribution >= 4 is 0 Å². The van der Waals surface area contributed by atoms with E-state index in [0.717, 1.165) is 0 Å². The lowest BCUT2D eigenvalue weighted by atomic mass is 10.4. The van der Waals surface area contributed by atoms with Gasteiger partial charge in [-0.05, 0) is 6.92 Å². The molecule has 3 N–H and O–H groups in total. The Hall–Kier alpha value is -0.160. The highest BCUT2D eigenvalue weighted by Gasteiger charge is 2.13. The van der Waals surface area contributed by atoms with Gasteiger partial charge in [-0.3, -0.25) is 0 Å². The molecule has 0 aliphatic heterocycles. The Morgan fingerprint density at radius 3 is 2.33 bits per heavy atom. The average Bonchev–Trinajstić information content (AvgIpc) is 1.87. The van der Waals surface area contributed by atoms with E-state index in [-0.39, 0.29) is 0 Å². The molecule has 4 heteroatoms. The van der Waals surface area contributed by atoms with Crippen LogP contribution in [0.5, 0.6) is 0 Å². The first-order valence-corrected chi connectivity index (χ1v) is 2.81. The van der Waals surface area contributed by atoms with Gasteiger partial charge in [-0.25, -0.2) is 0 Å². The maximum Gasteiger partial charge on any atom is 0.183 e. The topological polar surface area (TPSA) is 69.9 Å². The summed E-state index contributed by atoms with van der Waals surface area (Å²) in [4.78, 5) is 0. The van der Waals surface area contributed by atoms with E-state index >= 15 is 0 Å². The molecule has 0 aromatic carbocycles. The Morgan fingerprint density at radius 2 is 2.00 bits per heavy atom. The van der Waals surface area contributed by atoms with Crippen LogP contribution in [0.1, 0.15) is 6.92 Å². The first kappa shape index (κ1) is 8.84. The molecular weight excluding hydrogens is 124 g/mol. The standard InChI is InChI=1S/C5H12O4/c1-2-9-5(8)4(7)3-6/h4-8H,2-3H2,1H3. The highest BCUT2D eigenvalue weighted by Crippen LogP contribution is 1.92. The highest BCUT2D eigenvalue weighted by molar-refractivity contribution is 4.53.